The van der Waals surface area contributed by atoms with Crippen molar-refractivity contribution < 1.29 is 31.2 Å². The second-order valence-corrected chi connectivity index (χ2v) is 37.6. The number of sulfonamides is 1. The molecule has 2 fully saturated rings. The number of carbonyl (C=O) groups excluding carboxylic acids is 1. The average Bonchev–Trinajstić information content (AvgIpc) is 3.98. The predicted octanol–water partition coefficient (Wildman–Crippen LogP) is 9.19. The third kappa shape index (κ3) is 10.1. The minimum atomic E-state index is -4.12. The van der Waals surface area contributed by atoms with E-state index in [0.29, 0.717) is 23.6 Å². The van der Waals surface area contributed by atoms with Gasteiger partial charge in [-0.25, -0.2) is 22.8 Å². The van der Waals surface area contributed by atoms with E-state index in [1.54, 1.807) is 24.5 Å². The van der Waals surface area contributed by atoms with Gasteiger partial charge in [-0.05, 0) is 79.4 Å². The van der Waals surface area contributed by atoms with Crippen molar-refractivity contribution in [1.82, 2.24) is 34.0 Å². The number of imidazole rings is 1. The van der Waals surface area contributed by atoms with Crippen molar-refractivity contribution in [2.45, 2.75) is 178 Å². The van der Waals surface area contributed by atoms with Crippen LogP contribution in [0, 0.1) is 0 Å². The molecule has 62 heavy (non-hydrogen) atoms. The monoisotopic (exact) mass is 926 g/mol. The van der Waals surface area contributed by atoms with Crippen molar-refractivity contribution in [2.75, 3.05) is 11.9 Å². The van der Waals surface area contributed by atoms with Crippen molar-refractivity contribution in [2.24, 2.45) is 0 Å². The van der Waals surface area contributed by atoms with Crippen molar-refractivity contribution in [1.29, 1.82) is 0 Å². The first-order chi connectivity index (χ1) is 28.5. The average molecular weight is 927 g/mol. The van der Waals surface area contributed by atoms with Crippen LogP contribution in [0.15, 0.2) is 53.9 Å². The Morgan fingerprint density at radius 1 is 0.839 bits per heavy atom. The Hall–Kier alpha value is -3.31. The highest BCUT2D eigenvalue weighted by Crippen LogP contribution is 2.47. The minimum absolute atomic E-state index is 0.0163. The van der Waals surface area contributed by atoms with Crippen LogP contribution in [0.5, 0.6) is 0 Å². The zero-order chi connectivity index (χ0) is 45.8. The maximum Gasteiger partial charge on any atom is 0.268 e. The van der Waals surface area contributed by atoms with Crippen LogP contribution >= 0.6 is 0 Å². The molecule has 0 unspecified atom stereocenters. The van der Waals surface area contributed by atoms with E-state index in [4.69, 9.17) is 33.0 Å². The first kappa shape index (κ1) is 48.2. The summed E-state index contributed by atoms with van der Waals surface area (Å²) in [5.74, 6) is -0.147. The van der Waals surface area contributed by atoms with Crippen LogP contribution in [0.4, 0.5) is 5.82 Å². The van der Waals surface area contributed by atoms with Gasteiger partial charge < -0.3 is 23.3 Å². The van der Waals surface area contributed by atoms with E-state index in [0.717, 1.165) is 25.7 Å². The first-order valence-corrected chi connectivity index (χ1v) is 32.1. The molecule has 1 amide bonds. The molecule has 1 aliphatic heterocycles. The number of ether oxygens (including phenoxy) is 1. The third-order valence-corrected chi connectivity index (χ3v) is 28.7. The van der Waals surface area contributed by atoms with Crippen LogP contribution in [0.2, 0.25) is 54.4 Å². The molecule has 0 bridgehead atoms. The van der Waals surface area contributed by atoms with Gasteiger partial charge in [-0.15, -0.1) is 0 Å². The molecule has 2 N–H and O–H groups in total. The quantitative estimate of drug-likeness (QED) is 0.115. The zero-order valence-electron chi connectivity index (χ0n) is 39.5. The lowest BCUT2D eigenvalue weighted by atomic mass is 10.1. The molecule has 4 aromatic rings. The summed E-state index contributed by atoms with van der Waals surface area (Å²) >= 11 is 0. The number of hydrogen-bond acceptors (Lipinski definition) is 12. The number of benzene rings is 1. The molecule has 0 spiro atoms. The standard InChI is InChI=1S/C43H70N8O7SSi3/c1-41(2,3)60(10,11)55-27-32-34(57-61(12,13)42(4,5)6)35(58-62(14,15)43(7,8)9)39(56-32)50-28-44-33-36(46-30-21-19-20-22-30)47-40(48-37(33)50)51-26-29(25-45-51)38(52)49-59(53,54)31-23-17-16-18-24-31/h16-18,23-26,28,30,32,34-35,39H,19-22,27H2,1-15H3,(H,49,52)(H,46,47,48)/t32-,34-,35-,39-/m1/s1. The lowest BCUT2D eigenvalue weighted by Gasteiger charge is -2.44. The van der Waals surface area contributed by atoms with E-state index in [-0.39, 0.29) is 37.6 Å². The van der Waals surface area contributed by atoms with Gasteiger partial charge in [0.1, 0.15) is 18.3 Å². The van der Waals surface area contributed by atoms with Crippen molar-refractivity contribution in [3.05, 3.63) is 54.6 Å². The van der Waals surface area contributed by atoms with E-state index in [9.17, 15) is 13.2 Å². The highest BCUT2D eigenvalue weighted by Gasteiger charge is 2.55. The second kappa shape index (κ2) is 17.2. The lowest BCUT2D eigenvalue weighted by Crippen LogP contribution is -2.54. The second-order valence-electron chi connectivity index (χ2n) is 21.6. The maximum atomic E-state index is 13.3. The SMILES string of the molecule is CC(C)(C)[Si](C)(C)OC[C@H]1O[C@@H](n2cnc3c(NC4CCCC4)nc(-n4cc(C(=O)NS(=O)(=O)c5ccccc5)cn4)nc32)[C@H](O[Si](C)(C)C(C)(C)C)[C@@H]1O[Si](C)(C)C(C)(C)C. The van der Waals surface area contributed by atoms with Crippen LogP contribution in [-0.4, -0.2) is 99.5 Å². The van der Waals surface area contributed by atoms with Gasteiger partial charge in [0.25, 0.3) is 21.9 Å². The number of fused-ring (bicyclic) bond motifs is 1. The van der Waals surface area contributed by atoms with Crippen LogP contribution in [0.25, 0.3) is 17.1 Å². The van der Waals surface area contributed by atoms with Gasteiger partial charge >= 0.3 is 0 Å². The van der Waals surface area contributed by atoms with Gasteiger partial charge in [-0.1, -0.05) is 93.4 Å². The Morgan fingerprint density at radius 2 is 1.42 bits per heavy atom. The molecule has 2 aliphatic rings. The van der Waals surface area contributed by atoms with E-state index in [2.05, 4.69) is 117 Å². The van der Waals surface area contributed by atoms with Crippen LogP contribution in [-0.2, 0) is 28.0 Å². The normalized spacial score (nSPS) is 21.2. The Labute approximate surface area is 371 Å². The summed E-state index contributed by atoms with van der Waals surface area (Å²) in [7, 11) is -11.2. The zero-order valence-corrected chi connectivity index (χ0v) is 43.3. The van der Waals surface area contributed by atoms with E-state index in [1.807, 2.05) is 4.57 Å². The number of hydrogen-bond donors (Lipinski definition) is 2. The number of rotatable bonds is 14. The van der Waals surface area contributed by atoms with Gasteiger partial charge in [0, 0.05) is 12.2 Å². The summed E-state index contributed by atoms with van der Waals surface area (Å²) in [6.45, 7) is 34.0. The Balaban J connectivity index is 1.47. The molecule has 6 rings (SSSR count). The van der Waals surface area contributed by atoms with Crippen molar-refractivity contribution in [3.63, 3.8) is 0 Å². The molecule has 1 aromatic carbocycles. The number of aromatic nitrogens is 6. The van der Waals surface area contributed by atoms with Crippen LogP contribution < -0.4 is 10.0 Å². The van der Waals surface area contributed by atoms with Gasteiger partial charge in [0.15, 0.2) is 48.2 Å². The molecule has 342 valence electrons. The Bertz CT molecular complexity index is 2330. The molecular weight excluding hydrogens is 857 g/mol. The largest absolute Gasteiger partial charge is 0.414 e. The van der Waals surface area contributed by atoms with E-state index < -0.39 is 65.4 Å². The topological polar surface area (TPSA) is 174 Å². The highest BCUT2D eigenvalue weighted by atomic mass is 32.2. The number of anilines is 1. The molecule has 1 aliphatic carbocycles. The molecule has 19 heteroatoms. The maximum absolute atomic E-state index is 13.3. The first-order valence-electron chi connectivity index (χ1n) is 21.8. The van der Waals surface area contributed by atoms with Crippen LogP contribution in [0.3, 0.4) is 0 Å². The Morgan fingerprint density at radius 3 is 2.00 bits per heavy atom. The van der Waals surface area contributed by atoms with Crippen LogP contribution in [0.1, 0.15) is 105 Å². The molecule has 3 aromatic heterocycles. The number of amides is 1. The van der Waals surface area contributed by atoms with Gasteiger partial charge in [-0.2, -0.15) is 15.1 Å². The molecule has 1 saturated carbocycles. The smallest absolute Gasteiger partial charge is 0.268 e. The predicted molar refractivity (Wildman–Crippen MR) is 251 cm³/mol. The summed E-state index contributed by atoms with van der Waals surface area (Å²) in [5, 5.41) is 7.86. The summed E-state index contributed by atoms with van der Waals surface area (Å²) < 4.78 is 60.5. The summed E-state index contributed by atoms with van der Waals surface area (Å²) in [6.07, 6.45) is 6.45. The molecule has 4 atom stereocenters. The molecule has 1 saturated heterocycles. The number of nitrogens with one attached hydrogen (secondary N) is 2. The van der Waals surface area contributed by atoms with Crippen molar-refractivity contribution in [3.8, 4) is 5.95 Å². The fraction of sp³-hybridized carbons (Fsp3) is 0.651. The van der Waals surface area contributed by atoms with Crippen molar-refractivity contribution >= 4 is 57.9 Å². The van der Waals surface area contributed by atoms with Gasteiger partial charge in [-0.3, -0.25) is 9.36 Å². The summed E-state index contributed by atoms with van der Waals surface area (Å²) in [6, 6.07) is 7.92. The number of carbonyl (C=O) groups is 1. The third-order valence-electron chi connectivity index (χ3n) is 13.9. The number of nitrogens with zero attached hydrogens (tertiary/aromatic N) is 6. The molecule has 15 nitrogen and oxygen atoms in total. The Kier molecular flexibility index (Phi) is 13.4. The van der Waals surface area contributed by atoms with Gasteiger partial charge in [0.05, 0.1) is 29.6 Å². The minimum Gasteiger partial charge on any atom is -0.414 e. The summed E-state index contributed by atoms with van der Waals surface area (Å²) in [4.78, 5) is 28.2. The van der Waals surface area contributed by atoms with Gasteiger partial charge in [0.2, 0.25) is 0 Å². The highest BCUT2D eigenvalue weighted by molar-refractivity contribution is 7.90. The molecule has 4 heterocycles. The van der Waals surface area contributed by atoms with E-state index in [1.165, 1.54) is 29.2 Å². The fourth-order valence-corrected chi connectivity index (χ4v) is 11.4. The molecular formula is C43H70N8O7SSi3. The molecule has 0 radical (unpaired) electrons. The summed E-state index contributed by atoms with van der Waals surface area (Å²) in [5.41, 5.74) is 1.05. The van der Waals surface area contributed by atoms with E-state index >= 15 is 0 Å². The fourth-order valence-electron chi connectivity index (χ4n) is 6.82. The lowest BCUT2D eigenvalue weighted by molar-refractivity contribution is -0.0470.